The summed E-state index contributed by atoms with van der Waals surface area (Å²) < 4.78 is 44.7. The highest BCUT2D eigenvalue weighted by molar-refractivity contribution is 7.81. The van der Waals surface area contributed by atoms with Gasteiger partial charge in [0.25, 0.3) is 0 Å². The number of nitrogens with zero attached hydrogens (tertiary/aromatic N) is 1. The number of halogens is 1. The number of benzene rings is 1. The summed E-state index contributed by atoms with van der Waals surface area (Å²) in [6.07, 6.45) is 0. The van der Waals surface area contributed by atoms with Gasteiger partial charge in [0, 0.05) is 43.5 Å². The number of piperazine rings is 1. The number of carbonyl (C=O) groups is 1. The minimum absolute atomic E-state index is 0.143. The lowest BCUT2D eigenvalue weighted by Gasteiger charge is -2.30. The lowest BCUT2D eigenvalue weighted by atomic mass is 10.0. The quantitative estimate of drug-likeness (QED) is 0.637. The highest BCUT2D eigenvalue weighted by Gasteiger charge is 2.25. The number of nitrogens with one attached hydrogen (secondary N) is 1. The second-order valence-corrected chi connectivity index (χ2v) is 7.78. The first-order valence-corrected chi connectivity index (χ1v) is 9.25. The molecule has 9 heteroatoms. The van der Waals surface area contributed by atoms with Gasteiger partial charge in [0.1, 0.15) is 5.60 Å². The van der Waals surface area contributed by atoms with Gasteiger partial charge >= 0.3 is 16.5 Å². The summed E-state index contributed by atoms with van der Waals surface area (Å²) in [7, 11) is -5.21. The van der Waals surface area contributed by atoms with Gasteiger partial charge in [0.2, 0.25) is 0 Å². The Morgan fingerprint density at radius 3 is 2.36 bits per heavy atom. The molecular formula is C16H23FN2O5S. The standard InChI is InChI=1S/C16H23FN2O5S/c1-11-13(15(20)23-16(2,3)4)9-12(19-7-5-18-6-8-19)10-14(11)24-25(17,21)22/h9-10,18H,5-8H2,1-4H3. The molecule has 140 valence electrons. The van der Waals surface area contributed by atoms with Crippen molar-refractivity contribution in [2.24, 2.45) is 0 Å². The molecule has 1 fully saturated rings. The van der Waals surface area contributed by atoms with E-state index in [1.165, 1.54) is 13.0 Å². The number of anilines is 1. The van der Waals surface area contributed by atoms with Crippen molar-refractivity contribution >= 4 is 22.2 Å². The Bertz CT molecular complexity index is 753. The zero-order valence-corrected chi connectivity index (χ0v) is 15.6. The molecule has 0 radical (unpaired) electrons. The minimum Gasteiger partial charge on any atom is -0.456 e. The van der Waals surface area contributed by atoms with E-state index in [0.717, 1.165) is 13.1 Å². The molecule has 0 aliphatic carbocycles. The molecule has 1 aromatic rings. The van der Waals surface area contributed by atoms with Crippen molar-refractivity contribution in [2.45, 2.75) is 33.3 Å². The molecule has 1 aromatic carbocycles. The van der Waals surface area contributed by atoms with Crippen LogP contribution in [0.1, 0.15) is 36.7 Å². The van der Waals surface area contributed by atoms with Crippen molar-refractivity contribution in [3.63, 3.8) is 0 Å². The molecule has 25 heavy (non-hydrogen) atoms. The molecule has 0 spiro atoms. The molecule has 1 aliphatic rings. The van der Waals surface area contributed by atoms with Crippen LogP contribution in [0.25, 0.3) is 0 Å². The largest absolute Gasteiger partial charge is 0.488 e. The molecular weight excluding hydrogens is 351 g/mol. The SMILES string of the molecule is Cc1c(OS(=O)(=O)F)cc(N2CCNCC2)cc1C(=O)OC(C)(C)C. The summed E-state index contributed by atoms with van der Waals surface area (Å²) in [6.45, 7) is 9.48. The summed E-state index contributed by atoms with van der Waals surface area (Å²) in [5.41, 5.74) is 0.201. The van der Waals surface area contributed by atoms with Crippen LogP contribution in [0.5, 0.6) is 5.75 Å². The van der Waals surface area contributed by atoms with E-state index in [9.17, 15) is 17.1 Å². The number of rotatable bonds is 4. The Morgan fingerprint density at radius 2 is 1.84 bits per heavy atom. The third-order valence-corrected chi connectivity index (χ3v) is 4.01. The van der Waals surface area contributed by atoms with Crippen LogP contribution in [0.15, 0.2) is 12.1 Å². The van der Waals surface area contributed by atoms with E-state index >= 15 is 0 Å². The summed E-state index contributed by atoms with van der Waals surface area (Å²) in [6, 6.07) is 3.04. The normalized spacial score (nSPS) is 15.8. The predicted molar refractivity (Wildman–Crippen MR) is 92.1 cm³/mol. The Morgan fingerprint density at radius 1 is 1.24 bits per heavy atom. The summed E-state index contributed by atoms with van der Waals surface area (Å²) >= 11 is 0. The third-order valence-electron chi connectivity index (χ3n) is 3.64. The van der Waals surface area contributed by atoms with Gasteiger partial charge < -0.3 is 19.1 Å². The van der Waals surface area contributed by atoms with Gasteiger partial charge in [-0.2, -0.15) is 8.42 Å². The first-order valence-electron chi connectivity index (χ1n) is 7.94. The second kappa shape index (κ2) is 7.17. The average Bonchev–Trinajstić information content (AvgIpc) is 2.47. The van der Waals surface area contributed by atoms with E-state index in [4.69, 9.17) is 4.74 Å². The third kappa shape index (κ3) is 5.57. The van der Waals surface area contributed by atoms with Crippen molar-refractivity contribution in [1.82, 2.24) is 5.32 Å². The van der Waals surface area contributed by atoms with Crippen molar-refractivity contribution in [2.75, 3.05) is 31.1 Å². The van der Waals surface area contributed by atoms with Gasteiger partial charge in [-0.25, -0.2) is 4.79 Å². The van der Waals surface area contributed by atoms with E-state index in [0.29, 0.717) is 18.8 Å². The van der Waals surface area contributed by atoms with E-state index in [1.54, 1.807) is 26.8 Å². The first-order chi connectivity index (χ1) is 11.5. The Balaban J connectivity index is 2.48. The van der Waals surface area contributed by atoms with Crippen molar-refractivity contribution in [3.8, 4) is 5.75 Å². The lowest BCUT2D eigenvalue weighted by Crippen LogP contribution is -2.43. The van der Waals surface area contributed by atoms with Crippen molar-refractivity contribution in [1.29, 1.82) is 0 Å². The molecule has 0 saturated carbocycles. The Hall–Kier alpha value is -1.87. The Labute approximate surface area is 147 Å². The fraction of sp³-hybridized carbons (Fsp3) is 0.562. The molecule has 1 aliphatic heterocycles. The van der Waals surface area contributed by atoms with Gasteiger partial charge in [-0.1, -0.05) is 3.89 Å². The summed E-state index contributed by atoms with van der Waals surface area (Å²) in [5.74, 6) is -0.845. The maximum absolute atomic E-state index is 13.0. The molecule has 0 aromatic heterocycles. The van der Waals surface area contributed by atoms with E-state index < -0.39 is 22.1 Å². The smallest absolute Gasteiger partial charge is 0.456 e. The van der Waals surface area contributed by atoms with Gasteiger partial charge in [0.05, 0.1) is 5.56 Å². The maximum atomic E-state index is 13.0. The maximum Gasteiger partial charge on any atom is 0.488 e. The van der Waals surface area contributed by atoms with E-state index in [1.807, 2.05) is 4.90 Å². The van der Waals surface area contributed by atoms with E-state index in [-0.39, 0.29) is 16.9 Å². The zero-order valence-electron chi connectivity index (χ0n) is 14.8. The number of esters is 1. The van der Waals surface area contributed by atoms with Gasteiger partial charge in [-0.3, -0.25) is 0 Å². The highest BCUT2D eigenvalue weighted by atomic mass is 32.3. The molecule has 0 bridgehead atoms. The van der Waals surface area contributed by atoms with Gasteiger partial charge in [-0.05, 0) is 33.8 Å². The number of hydrogen-bond acceptors (Lipinski definition) is 7. The Kier molecular flexibility index (Phi) is 5.58. The molecule has 1 saturated heterocycles. The van der Waals surface area contributed by atoms with Crippen LogP contribution in [0.4, 0.5) is 9.57 Å². The molecule has 1 N–H and O–H groups in total. The van der Waals surface area contributed by atoms with Crippen LogP contribution < -0.4 is 14.4 Å². The minimum atomic E-state index is -5.21. The van der Waals surface area contributed by atoms with Crippen LogP contribution in [0, 0.1) is 6.92 Å². The summed E-state index contributed by atoms with van der Waals surface area (Å²) in [5, 5.41) is 3.20. The zero-order chi connectivity index (χ0) is 18.8. The van der Waals surface area contributed by atoms with Crippen LogP contribution in [0.2, 0.25) is 0 Å². The summed E-state index contributed by atoms with van der Waals surface area (Å²) in [4.78, 5) is 14.4. The fourth-order valence-corrected chi connectivity index (χ4v) is 2.91. The van der Waals surface area contributed by atoms with Crippen LogP contribution in [-0.2, 0) is 15.2 Å². The fourth-order valence-electron chi connectivity index (χ4n) is 2.52. The predicted octanol–water partition coefficient (Wildman–Crippen LogP) is 1.95. The van der Waals surface area contributed by atoms with E-state index in [2.05, 4.69) is 9.50 Å². The van der Waals surface area contributed by atoms with Crippen molar-refractivity contribution < 1.29 is 26.0 Å². The second-order valence-electron chi connectivity index (χ2n) is 6.83. The molecule has 1 heterocycles. The molecule has 7 nitrogen and oxygen atoms in total. The molecule has 2 rings (SSSR count). The molecule has 0 atom stereocenters. The molecule has 0 unspecified atom stereocenters. The van der Waals surface area contributed by atoms with Crippen LogP contribution in [0.3, 0.4) is 0 Å². The van der Waals surface area contributed by atoms with Crippen molar-refractivity contribution in [3.05, 3.63) is 23.3 Å². The lowest BCUT2D eigenvalue weighted by molar-refractivity contribution is 0.00683. The highest BCUT2D eigenvalue weighted by Crippen LogP contribution is 2.31. The number of ether oxygens (including phenoxy) is 1. The van der Waals surface area contributed by atoms with Gasteiger partial charge in [-0.15, -0.1) is 0 Å². The number of hydrogen-bond donors (Lipinski definition) is 1. The topological polar surface area (TPSA) is 84.9 Å². The average molecular weight is 374 g/mol. The molecule has 0 amide bonds. The number of carbonyl (C=O) groups excluding carboxylic acids is 1. The first kappa shape index (κ1) is 19.5. The monoisotopic (exact) mass is 374 g/mol. The van der Waals surface area contributed by atoms with Crippen LogP contribution >= 0.6 is 0 Å². The van der Waals surface area contributed by atoms with Gasteiger partial charge in [0.15, 0.2) is 5.75 Å². The van der Waals surface area contributed by atoms with Crippen LogP contribution in [-0.4, -0.2) is 46.2 Å².